The summed E-state index contributed by atoms with van der Waals surface area (Å²) in [6, 6.07) is 24.8. The van der Waals surface area contributed by atoms with E-state index in [0.717, 1.165) is 5.56 Å². The summed E-state index contributed by atoms with van der Waals surface area (Å²) in [5, 5.41) is 4.84. The smallest absolute Gasteiger partial charge is 0.0414 e. The monoisotopic (exact) mass is 284 g/mol. The van der Waals surface area contributed by atoms with E-state index in [0.29, 0.717) is 11.4 Å². The number of benzene rings is 4. The Morgan fingerprint density at radius 2 is 1.18 bits per heavy atom. The van der Waals surface area contributed by atoms with Gasteiger partial charge in [0.05, 0.1) is 0 Å². The van der Waals surface area contributed by atoms with Gasteiger partial charge in [-0.3, -0.25) is 0 Å². The van der Waals surface area contributed by atoms with E-state index in [2.05, 4.69) is 54.6 Å². The van der Waals surface area contributed by atoms with Crippen LogP contribution in [-0.2, 0) is 0 Å². The minimum Gasteiger partial charge on any atom is -0.399 e. The van der Waals surface area contributed by atoms with Crippen molar-refractivity contribution in [1.29, 1.82) is 0 Å². The number of rotatable bonds is 1. The Labute approximate surface area is 129 Å². The van der Waals surface area contributed by atoms with Crippen molar-refractivity contribution in [2.24, 2.45) is 0 Å². The lowest BCUT2D eigenvalue weighted by Gasteiger charge is -2.14. The Hall–Kier alpha value is -3.00. The van der Waals surface area contributed by atoms with Crippen LogP contribution in [0.25, 0.3) is 32.7 Å². The largest absolute Gasteiger partial charge is 0.399 e. The summed E-state index contributed by atoms with van der Waals surface area (Å²) < 4.78 is 0. The zero-order valence-electron chi connectivity index (χ0n) is 12.1. The molecule has 2 heteroatoms. The highest BCUT2D eigenvalue weighted by Crippen LogP contribution is 2.39. The molecule has 0 unspecified atom stereocenters. The SMILES string of the molecule is Nc1ccc(-c2c3ccccc3cc3ccccc23)c(N)c1. The molecule has 4 N–H and O–H groups in total. The number of hydrogen-bond donors (Lipinski definition) is 2. The third-order valence-corrected chi connectivity index (χ3v) is 4.12. The standard InChI is InChI=1S/C20H16N2/c21-15-9-10-18(19(22)12-15)20-16-7-3-1-5-13(16)11-14-6-2-4-8-17(14)20/h1-12H,21-22H2. The fraction of sp³-hybridized carbons (Fsp3) is 0. The molecule has 0 heterocycles. The average Bonchev–Trinajstić information content (AvgIpc) is 2.53. The minimum absolute atomic E-state index is 0.686. The third kappa shape index (κ3) is 1.89. The van der Waals surface area contributed by atoms with Gasteiger partial charge in [0.1, 0.15) is 0 Å². The number of anilines is 2. The van der Waals surface area contributed by atoms with Gasteiger partial charge in [-0.25, -0.2) is 0 Å². The summed E-state index contributed by atoms with van der Waals surface area (Å²) in [6.45, 7) is 0. The topological polar surface area (TPSA) is 52.0 Å². The Morgan fingerprint density at radius 3 is 1.77 bits per heavy atom. The molecule has 106 valence electrons. The first-order valence-corrected chi connectivity index (χ1v) is 7.30. The molecule has 0 atom stereocenters. The fourth-order valence-electron chi connectivity index (χ4n) is 3.11. The Morgan fingerprint density at radius 1 is 0.591 bits per heavy atom. The van der Waals surface area contributed by atoms with Crippen molar-refractivity contribution < 1.29 is 0 Å². The third-order valence-electron chi connectivity index (χ3n) is 4.12. The summed E-state index contributed by atoms with van der Waals surface area (Å²) in [5.74, 6) is 0. The van der Waals surface area contributed by atoms with E-state index in [4.69, 9.17) is 11.5 Å². The van der Waals surface area contributed by atoms with Crippen LogP contribution in [-0.4, -0.2) is 0 Å². The quantitative estimate of drug-likeness (QED) is 0.389. The molecule has 0 aliphatic heterocycles. The Bertz CT molecular complexity index is 949. The van der Waals surface area contributed by atoms with Crippen molar-refractivity contribution in [3.05, 3.63) is 72.8 Å². The van der Waals surface area contributed by atoms with Crippen molar-refractivity contribution in [2.45, 2.75) is 0 Å². The van der Waals surface area contributed by atoms with E-state index in [1.54, 1.807) is 0 Å². The maximum Gasteiger partial charge on any atom is 0.0414 e. The van der Waals surface area contributed by atoms with Crippen LogP contribution in [0.5, 0.6) is 0 Å². The van der Waals surface area contributed by atoms with Gasteiger partial charge in [-0.1, -0.05) is 54.6 Å². The predicted molar refractivity (Wildman–Crippen MR) is 95.7 cm³/mol. The Kier molecular flexibility index (Phi) is 2.76. The maximum absolute atomic E-state index is 6.26. The molecule has 0 fully saturated rings. The van der Waals surface area contributed by atoms with Crippen molar-refractivity contribution in [3.8, 4) is 11.1 Å². The van der Waals surface area contributed by atoms with Crippen LogP contribution in [0.2, 0.25) is 0 Å². The fourth-order valence-corrected chi connectivity index (χ4v) is 3.11. The first-order chi connectivity index (χ1) is 10.7. The molecule has 22 heavy (non-hydrogen) atoms. The molecular formula is C20H16N2. The van der Waals surface area contributed by atoms with E-state index >= 15 is 0 Å². The molecule has 0 saturated carbocycles. The molecule has 2 nitrogen and oxygen atoms in total. The van der Waals surface area contributed by atoms with Gasteiger partial charge >= 0.3 is 0 Å². The van der Waals surface area contributed by atoms with Crippen molar-refractivity contribution >= 4 is 32.9 Å². The average molecular weight is 284 g/mol. The second-order valence-electron chi connectivity index (χ2n) is 5.54. The molecule has 4 aromatic carbocycles. The molecule has 0 radical (unpaired) electrons. The van der Waals surface area contributed by atoms with Gasteiger partial charge in [0.15, 0.2) is 0 Å². The molecule has 0 aliphatic rings. The van der Waals surface area contributed by atoms with Crippen LogP contribution in [0.1, 0.15) is 0 Å². The van der Waals surface area contributed by atoms with E-state index in [1.165, 1.54) is 27.1 Å². The van der Waals surface area contributed by atoms with Crippen LogP contribution in [0.15, 0.2) is 72.8 Å². The van der Waals surface area contributed by atoms with Gasteiger partial charge in [0, 0.05) is 16.9 Å². The van der Waals surface area contributed by atoms with E-state index in [-0.39, 0.29) is 0 Å². The first kappa shape index (κ1) is 12.7. The number of nitrogen functional groups attached to an aromatic ring is 2. The highest BCUT2D eigenvalue weighted by molar-refractivity contribution is 6.14. The summed E-state index contributed by atoms with van der Waals surface area (Å²) in [6.07, 6.45) is 0. The summed E-state index contributed by atoms with van der Waals surface area (Å²) in [5.41, 5.74) is 15.7. The summed E-state index contributed by atoms with van der Waals surface area (Å²) >= 11 is 0. The van der Waals surface area contributed by atoms with Gasteiger partial charge in [-0.15, -0.1) is 0 Å². The van der Waals surface area contributed by atoms with Gasteiger partial charge < -0.3 is 11.5 Å². The normalized spacial score (nSPS) is 11.1. The lowest BCUT2D eigenvalue weighted by molar-refractivity contribution is 1.64. The van der Waals surface area contributed by atoms with E-state index < -0.39 is 0 Å². The summed E-state index contributed by atoms with van der Waals surface area (Å²) in [7, 11) is 0. The van der Waals surface area contributed by atoms with Gasteiger partial charge in [0.25, 0.3) is 0 Å². The molecule has 0 aliphatic carbocycles. The van der Waals surface area contributed by atoms with Crippen LogP contribution in [0.3, 0.4) is 0 Å². The van der Waals surface area contributed by atoms with Gasteiger partial charge in [-0.05, 0) is 45.3 Å². The molecular weight excluding hydrogens is 268 g/mol. The minimum atomic E-state index is 0.686. The lowest BCUT2D eigenvalue weighted by atomic mass is 9.91. The Balaban J connectivity index is 2.21. The molecule has 0 amide bonds. The van der Waals surface area contributed by atoms with Crippen molar-refractivity contribution in [3.63, 3.8) is 0 Å². The number of hydrogen-bond acceptors (Lipinski definition) is 2. The zero-order valence-corrected chi connectivity index (χ0v) is 12.1. The number of fused-ring (bicyclic) bond motifs is 2. The van der Waals surface area contributed by atoms with Crippen LogP contribution in [0.4, 0.5) is 11.4 Å². The van der Waals surface area contributed by atoms with Crippen LogP contribution < -0.4 is 11.5 Å². The highest BCUT2D eigenvalue weighted by Gasteiger charge is 2.11. The zero-order chi connectivity index (χ0) is 15.1. The lowest BCUT2D eigenvalue weighted by Crippen LogP contribution is -1.94. The molecule has 0 aromatic heterocycles. The van der Waals surface area contributed by atoms with Crippen molar-refractivity contribution in [1.82, 2.24) is 0 Å². The summed E-state index contributed by atoms with van der Waals surface area (Å²) in [4.78, 5) is 0. The van der Waals surface area contributed by atoms with Crippen LogP contribution in [0, 0.1) is 0 Å². The number of nitrogens with two attached hydrogens (primary N) is 2. The molecule has 4 rings (SSSR count). The maximum atomic E-state index is 6.26. The first-order valence-electron chi connectivity index (χ1n) is 7.30. The molecule has 0 spiro atoms. The molecule has 0 bridgehead atoms. The van der Waals surface area contributed by atoms with Gasteiger partial charge in [-0.2, -0.15) is 0 Å². The van der Waals surface area contributed by atoms with E-state index in [9.17, 15) is 0 Å². The predicted octanol–water partition coefficient (Wildman–Crippen LogP) is 4.82. The van der Waals surface area contributed by atoms with Crippen molar-refractivity contribution in [2.75, 3.05) is 11.5 Å². The van der Waals surface area contributed by atoms with E-state index in [1.807, 2.05) is 18.2 Å². The highest BCUT2D eigenvalue weighted by atomic mass is 14.6. The second-order valence-corrected chi connectivity index (χ2v) is 5.54. The molecule has 4 aromatic rings. The van der Waals surface area contributed by atoms with Gasteiger partial charge in [0.2, 0.25) is 0 Å². The second kappa shape index (κ2) is 4.78. The molecule has 0 saturated heterocycles. The van der Waals surface area contributed by atoms with Crippen LogP contribution >= 0.6 is 0 Å².